The SMILES string of the molecule is CCN1CC2(COC)CCC(OC)C34C5CC6(O)C(OC)C(O)C(OC)(C5C6OC(=O)c5ccccc5)C(C(OC)C23)C14. The van der Waals surface area contributed by atoms with E-state index in [1.54, 1.807) is 52.7 Å². The largest absolute Gasteiger partial charge is 0.455 e. The molecule has 5 saturated carbocycles. The van der Waals surface area contributed by atoms with Crippen LogP contribution in [0, 0.1) is 34.5 Å². The van der Waals surface area contributed by atoms with Crippen LogP contribution in [0.25, 0.3) is 0 Å². The summed E-state index contributed by atoms with van der Waals surface area (Å²) in [6.45, 7) is 4.40. The number of aliphatic hydroxyl groups excluding tert-OH is 1. The molecule has 0 aromatic heterocycles. The van der Waals surface area contributed by atoms with E-state index in [1.165, 1.54) is 7.11 Å². The highest BCUT2D eigenvalue weighted by molar-refractivity contribution is 5.89. The molecular weight excluding hydrogens is 554 g/mol. The zero-order chi connectivity index (χ0) is 30.5. The third-order valence-corrected chi connectivity index (χ3v) is 13.1. The molecule has 238 valence electrons. The molecule has 0 amide bonds. The minimum atomic E-state index is -1.64. The lowest BCUT2D eigenvalue weighted by atomic mass is 9.43. The smallest absolute Gasteiger partial charge is 0.338 e. The lowest BCUT2D eigenvalue weighted by molar-refractivity contribution is -0.321. The van der Waals surface area contributed by atoms with Gasteiger partial charge in [-0.25, -0.2) is 4.79 Å². The molecular formula is C33H47NO9. The second-order valence-corrected chi connectivity index (χ2v) is 13.9. The zero-order valence-electron chi connectivity index (χ0n) is 26.1. The van der Waals surface area contributed by atoms with E-state index in [9.17, 15) is 15.0 Å². The van der Waals surface area contributed by atoms with E-state index >= 15 is 0 Å². The van der Waals surface area contributed by atoms with Gasteiger partial charge in [0, 0.05) is 76.7 Å². The van der Waals surface area contributed by atoms with Crippen molar-refractivity contribution in [3.05, 3.63) is 35.9 Å². The van der Waals surface area contributed by atoms with Crippen molar-refractivity contribution in [1.29, 1.82) is 0 Å². The predicted molar refractivity (Wildman–Crippen MR) is 154 cm³/mol. The summed E-state index contributed by atoms with van der Waals surface area (Å²) in [5.41, 5.74) is -3.15. The second-order valence-electron chi connectivity index (χ2n) is 13.9. The number of carbonyl (C=O) groups excluding carboxylic acids is 1. The number of nitrogens with zero attached hydrogens (tertiary/aromatic N) is 1. The maximum Gasteiger partial charge on any atom is 0.338 e. The van der Waals surface area contributed by atoms with Gasteiger partial charge in [0.2, 0.25) is 0 Å². The summed E-state index contributed by atoms with van der Waals surface area (Å²) < 4.78 is 38.0. The third kappa shape index (κ3) is 3.34. The number of likely N-dealkylation sites (tertiary alicyclic amines) is 1. The molecule has 10 nitrogen and oxygen atoms in total. The van der Waals surface area contributed by atoms with Crippen LogP contribution >= 0.6 is 0 Å². The number of benzene rings is 1. The predicted octanol–water partition coefficient (Wildman–Crippen LogP) is 1.76. The molecule has 6 aliphatic rings. The van der Waals surface area contributed by atoms with Crippen molar-refractivity contribution < 1.29 is 43.4 Å². The Balaban J connectivity index is 1.49. The van der Waals surface area contributed by atoms with E-state index in [-0.39, 0.29) is 47.8 Å². The Labute approximate surface area is 253 Å². The Morgan fingerprint density at radius 3 is 2.37 bits per heavy atom. The average Bonchev–Trinajstić information content (AvgIpc) is 3.39. The number of carbonyl (C=O) groups is 1. The lowest BCUT2D eigenvalue weighted by Gasteiger charge is -2.69. The first-order chi connectivity index (χ1) is 20.7. The number of hydrogen-bond donors (Lipinski definition) is 2. The van der Waals surface area contributed by atoms with Crippen LogP contribution in [0.15, 0.2) is 30.3 Å². The first kappa shape index (κ1) is 30.0. The molecule has 5 aliphatic carbocycles. The molecule has 14 atom stereocenters. The summed E-state index contributed by atoms with van der Waals surface area (Å²) in [5, 5.41) is 25.1. The highest BCUT2D eigenvalue weighted by Gasteiger charge is 2.90. The summed E-state index contributed by atoms with van der Waals surface area (Å²) in [7, 11) is 8.45. The summed E-state index contributed by atoms with van der Waals surface area (Å²) >= 11 is 0. The molecule has 7 rings (SSSR count). The van der Waals surface area contributed by atoms with E-state index in [0.29, 0.717) is 12.2 Å². The van der Waals surface area contributed by atoms with Crippen molar-refractivity contribution in [2.45, 2.75) is 73.9 Å². The van der Waals surface area contributed by atoms with Gasteiger partial charge >= 0.3 is 5.97 Å². The van der Waals surface area contributed by atoms with Gasteiger partial charge in [0.05, 0.1) is 24.4 Å². The minimum Gasteiger partial charge on any atom is -0.455 e. The molecule has 1 heterocycles. The maximum absolute atomic E-state index is 13.7. The number of piperidine rings is 1. The molecule has 6 fully saturated rings. The van der Waals surface area contributed by atoms with E-state index in [1.807, 2.05) is 6.07 Å². The highest BCUT2D eigenvalue weighted by Crippen LogP contribution is 2.80. The number of rotatable bonds is 9. The second kappa shape index (κ2) is 10.2. The highest BCUT2D eigenvalue weighted by atomic mass is 16.6. The van der Waals surface area contributed by atoms with Gasteiger partial charge < -0.3 is 38.6 Å². The Bertz CT molecular complexity index is 1230. The van der Waals surface area contributed by atoms with E-state index in [4.69, 9.17) is 28.4 Å². The van der Waals surface area contributed by atoms with E-state index in [0.717, 1.165) is 25.9 Å². The van der Waals surface area contributed by atoms with Gasteiger partial charge in [-0.3, -0.25) is 4.90 Å². The van der Waals surface area contributed by atoms with E-state index in [2.05, 4.69) is 11.8 Å². The van der Waals surface area contributed by atoms with Gasteiger partial charge in [-0.05, 0) is 43.9 Å². The Hall–Kier alpha value is -1.63. The van der Waals surface area contributed by atoms with Crippen LogP contribution in [-0.4, -0.2) is 124 Å². The fourth-order valence-corrected chi connectivity index (χ4v) is 12.3. The fourth-order valence-electron chi connectivity index (χ4n) is 12.3. The number of aliphatic hydroxyl groups is 2. The topological polar surface area (TPSA) is 116 Å². The number of fused-ring (bicyclic) bond motifs is 2. The average molecular weight is 602 g/mol. The van der Waals surface area contributed by atoms with E-state index < -0.39 is 46.8 Å². The Kier molecular flexibility index (Phi) is 7.12. The standard InChI is InChI=1S/C33H47NO9/c1-7-34-16-30(17-38-2)14-13-20(39-3)32-19-15-31(37)27(43-29(36)18-11-9-8-10-12-18)21(19)33(42-6,26(35)28(31)41-5)22(25(32)34)23(40-4)24(30)32/h8-12,19-28,35,37H,7,13-17H2,1-6H3. The third-order valence-electron chi connectivity index (χ3n) is 13.1. The van der Waals surface area contributed by atoms with Crippen LogP contribution in [0.1, 0.15) is 36.5 Å². The summed E-state index contributed by atoms with van der Waals surface area (Å²) in [5.74, 6) is -1.55. The minimum absolute atomic E-state index is 0.0186. The van der Waals surface area contributed by atoms with Gasteiger partial charge in [-0.15, -0.1) is 0 Å². The van der Waals surface area contributed by atoms with Gasteiger partial charge in [0.1, 0.15) is 29.5 Å². The van der Waals surface area contributed by atoms with Crippen LogP contribution in [0.5, 0.6) is 0 Å². The number of hydrogen-bond acceptors (Lipinski definition) is 10. The monoisotopic (exact) mass is 601 g/mol. The zero-order valence-corrected chi connectivity index (χ0v) is 26.1. The molecule has 1 aliphatic heterocycles. The Morgan fingerprint density at radius 1 is 1.02 bits per heavy atom. The number of ether oxygens (including phenoxy) is 6. The van der Waals surface area contributed by atoms with Crippen molar-refractivity contribution in [2.75, 3.05) is 55.2 Å². The molecule has 2 N–H and O–H groups in total. The lowest BCUT2D eigenvalue weighted by Crippen LogP contribution is -2.80. The van der Waals surface area contributed by atoms with Gasteiger partial charge in [0.15, 0.2) is 0 Å². The van der Waals surface area contributed by atoms with Crippen LogP contribution < -0.4 is 0 Å². The first-order valence-corrected chi connectivity index (χ1v) is 15.7. The summed E-state index contributed by atoms with van der Waals surface area (Å²) in [6.07, 6.45) is -1.58. The van der Waals surface area contributed by atoms with Crippen molar-refractivity contribution in [3.8, 4) is 0 Å². The Morgan fingerprint density at radius 2 is 1.77 bits per heavy atom. The maximum atomic E-state index is 13.7. The summed E-state index contributed by atoms with van der Waals surface area (Å²) in [4.78, 5) is 16.2. The van der Waals surface area contributed by atoms with Crippen LogP contribution in [0.4, 0.5) is 0 Å². The van der Waals surface area contributed by atoms with Crippen molar-refractivity contribution in [1.82, 2.24) is 4.90 Å². The first-order valence-electron chi connectivity index (χ1n) is 15.7. The molecule has 1 aromatic rings. The molecule has 1 spiro atoms. The summed E-state index contributed by atoms with van der Waals surface area (Å²) in [6, 6.07) is 8.79. The number of esters is 1. The molecule has 14 unspecified atom stereocenters. The van der Waals surface area contributed by atoms with Gasteiger partial charge in [-0.1, -0.05) is 25.1 Å². The molecule has 10 heteroatoms. The van der Waals surface area contributed by atoms with Crippen LogP contribution in [0.2, 0.25) is 0 Å². The molecule has 0 radical (unpaired) electrons. The van der Waals surface area contributed by atoms with Crippen LogP contribution in [-0.2, 0) is 28.4 Å². The molecule has 43 heavy (non-hydrogen) atoms. The quantitative estimate of drug-likeness (QED) is 0.406. The van der Waals surface area contributed by atoms with Crippen LogP contribution in [0.3, 0.4) is 0 Å². The van der Waals surface area contributed by atoms with Crippen molar-refractivity contribution >= 4 is 5.97 Å². The molecule has 1 saturated heterocycles. The van der Waals surface area contributed by atoms with Crippen molar-refractivity contribution in [2.24, 2.45) is 34.5 Å². The fraction of sp³-hybridized carbons (Fsp3) is 0.788. The van der Waals surface area contributed by atoms with Crippen molar-refractivity contribution in [3.63, 3.8) is 0 Å². The normalized spacial score (nSPS) is 51.0. The molecule has 7 bridgehead atoms. The van der Waals surface area contributed by atoms with Gasteiger partial charge in [0.25, 0.3) is 0 Å². The number of methoxy groups -OCH3 is 5. The molecule has 1 aromatic carbocycles. The van der Waals surface area contributed by atoms with Gasteiger partial charge in [-0.2, -0.15) is 0 Å².